The molecule has 0 radical (unpaired) electrons. The maximum atomic E-state index is 12.6. The van der Waals surface area contributed by atoms with E-state index >= 15 is 0 Å². The number of hydrogen-bond acceptors (Lipinski definition) is 11. The molecule has 0 spiro atoms. The van der Waals surface area contributed by atoms with Gasteiger partial charge in [0.05, 0.1) is 12.2 Å². The average molecular weight is 747 g/mol. The van der Waals surface area contributed by atoms with E-state index in [4.69, 9.17) is 19.4 Å². The van der Waals surface area contributed by atoms with Crippen LogP contribution >= 0.6 is 0 Å². The first-order valence-corrected chi connectivity index (χ1v) is 19.5. The number of aromatic nitrogens is 2. The van der Waals surface area contributed by atoms with E-state index in [2.05, 4.69) is 57.9 Å². The largest absolute Gasteiger partial charge is 0.508 e. The molecule has 13 nitrogen and oxygen atoms in total. The van der Waals surface area contributed by atoms with Crippen molar-refractivity contribution < 1.29 is 24.2 Å². The molecule has 4 aliphatic rings. The molecule has 4 aliphatic heterocycles. The quantitative estimate of drug-likeness (QED) is 0.237. The molecule has 5 heterocycles. The van der Waals surface area contributed by atoms with E-state index in [-0.39, 0.29) is 24.4 Å². The number of rotatable bonds is 9. The molecule has 4 aromatic rings. The minimum absolute atomic E-state index is 0.0483. The number of phenols is 1. The Morgan fingerprint density at radius 3 is 2.53 bits per heavy atom. The molecule has 0 unspecified atom stereocenters. The Hall–Kier alpha value is -5.40. The maximum Gasteiger partial charge on any atom is 0.410 e. The van der Waals surface area contributed by atoms with Gasteiger partial charge in [0.15, 0.2) is 0 Å². The van der Waals surface area contributed by atoms with Crippen molar-refractivity contribution in [2.75, 3.05) is 88.9 Å². The van der Waals surface area contributed by atoms with Crippen molar-refractivity contribution in [2.45, 2.75) is 38.5 Å². The number of aromatic hydroxyl groups is 1. The first kappa shape index (κ1) is 36.6. The summed E-state index contributed by atoms with van der Waals surface area (Å²) in [5, 5.41) is 16.2. The number of amides is 2. The van der Waals surface area contributed by atoms with Gasteiger partial charge in [-0.15, -0.1) is 0 Å². The molecule has 0 saturated carbocycles. The number of carbonyl (C=O) groups is 2. The van der Waals surface area contributed by atoms with Gasteiger partial charge in [0.1, 0.15) is 24.8 Å². The Morgan fingerprint density at radius 2 is 1.75 bits per heavy atom. The Balaban J connectivity index is 1.03. The maximum absolute atomic E-state index is 12.6. The fourth-order valence-corrected chi connectivity index (χ4v) is 8.25. The van der Waals surface area contributed by atoms with E-state index < -0.39 is 0 Å². The van der Waals surface area contributed by atoms with Gasteiger partial charge in [0, 0.05) is 87.6 Å². The van der Waals surface area contributed by atoms with Gasteiger partial charge in [-0.1, -0.05) is 36.9 Å². The summed E-state index contributed by atoms with van der Waals surface area (Å²) in [6, 6.07) is 18.7. The Kier molecular flexibility index (Phi) is 10.7. The Bertz CT molecular complexity index is 2060. The molecule has 1 atom stereocenters. The monoisotopic (exact) mass is 746 g/mol. The van der Waals surface area contributed by atoms with Gasteiger partial charge in [0.2, 0.25) is 5.91 Å². The fraction of sp³-hybridized carbons (Fsp3) is 0.429. The third-order valence-electron chi connectivity index (χ3n) is 11.4. The highest BCUT2D eigenvalue weighted by atomic mass is 16.6. The third-order valence-corrected chi connectivity index (χ3v) is 11.4. The lowest BCUT2D eigenvalue weighted by Gasteiger charge is -2.38. The first-order valence-electron chi connectivity index (χ1n) is 19.5. The summed E-state index contributed by atoms with van der Waals surface area (Å²) in [6.45, 7) is 12.1. The smallest absolute Gasteiger partial charge is 0.410 e. The number of carbonyl (C=O) groups excluding carboxylic acids is 2. The molecule has 13 heteroatoms. The first-order chi connectivity index (χ1) is 26.8. The molecule has 2 amide bonds. The topological polar surface area (TPSA) is 127 Å². The van der Waals surface area contributed by atoms with Gasteiger partial charge in [-0.25, -0.2) is 4.79 Å². The van der Waals surface area contributed by atoms with Crippen molar-refractivity contribution in [2.24, 2.45) is 0 Å². The van der Waals surface area contributed by atoms with Crippen molar-refractivity contribution in [3.8, 4) is 22.9 Å². The molecule has 3 aromatic carbocycles. The zero-order valence-electron chi connectivity index (χ0n) is 31.6. The van der Waals surface area contributed by atoms with Gasteiger partial charge >= 0.3 is 12.1 Å². The molecule has 55 heavy (non-hydrogen) atoms. The summed E-state index contributed by atoms with van der Waals surface area (Å²) in [5.74, 6) is 1.03. The number of likely N-dealkylation sites (tertiary alicyclic amines) is 1. The minimum Gasteiger partial charge on any atom is -0.508 e. The highest BCUT2D eigenvalue weighted by Crippen LogP contribution is 2.38. The molecule has 0 aliphatic carbocycles. The summed E-state index contributed by atoms with van der Waals surface area (Å²) in [6.07, 6.45) is 4.06. The summed E-state index contributed by atoms with van der Waals surface area (Å²) >= 11 is 0. The standard InChI is InChI=1S/C42H50N8O5/c1-3-39(52)47-18-20-48(21-19-47)40-36-11-15-50(26-37(36)44-41(45-40)54-28-33-8-5-14-46(33)2)38-25-34(51)24-32-23-31(9-10-35(32)38)30-7-4-6-29(22-30)27-55-42(53)49-16-12-43-13-17-49/h3-4,6-7,9-10,22-25,33,43,51H,1,5,8,11-21,26-28H2,2H3/t33-/m0/s1. The van der Waals surface area contributed by atoms with Gasteiger partial charge < -0.3 is 44.4 Å². The van der Waals surface area contributed by atoms with Crippen molar-refractivity contribution >= 4 is 34.3 Å². The molecular weight excluding hydrogens is 697 g/mol. The lowest BCUT2D eigenvalue weighted by Crippen LogP contribution is -2.49. The molecule has 1 aromatic heterocycles. The van der Waals surface area contributed by atoms with Crippen LogP contribution in [-0.2, 0) is 29.1 Å². The molecule has 0 bridgehead atoms. The molecular formula is C42H50N8O5. The van der Waals surface area contributed by atoms with Gasteiger partial charge in [0.25, 0.3) is 0 Å². The van der Waals surface area contributed by atoms with E-state index in [9.17, 15) is 14.7 Å². The summed E-state index contributed by atoms with van der Waals surface area (Å²) in [5.41, 5.74) is 5.88. The van der Waals surface area contributed by atoms with Gasteiger partial charge in [-0.3, -0.25) is 4.79 Å². The van der Waals surface area contributed by atoms with Crippen LogP contribution in [0.4, 0.5) is 16.3 Å². The van der Waals surface area contributed by atoms with Crippen LogP contribution in [0.25, 0.3) is 21.9 Å². The van der Waals surface area contributed by atoms with E-state index in [0.717, 1.165) is 95.7 Å². The van der Waals surface area contributed by atoms with Crippen LogP contribution in [0.2, 0.25) is 0 Å². The van der Waals surface area contributed by atoms with Crippen LogP contribution in [0.1, 0.15) is 29.7 Å². The van der Waals surface area contributed by atoms with Crippen LogP contribution < -0.4 is 19.9 Å². The van der Waals surface area contributed by atoms with Crippen LogP contribution in [0.3, 0.4) is 0 Å². The lowest BCUT2D eigenvalue weighted by molar-refractivity contribution is -0.126. The van der Waals surface area contributed by atoms with E-state index in [1.54, 1.807) is 4.90 Å². The number of likely N-dealkylation sites (N-methyl/N-ethyl adjacent to an activating group) is 1. The zero-order valence-corrected chi connectivity index (χ0v) is 31.6. The average Bonchev–Trinajstić information content (AvgIpc) is 3.65. The minimum atomic E-state index is -0.288. The number of benzene rings is 3. The van der Waals surface area contributed by atoms with Crippen LogP contribution in [-0.4, -0.2) is 127 Å². The van der Waals surface area contributed by atoms with Gasteiger partial charge in [-0.05, 0) is 79.2 Å². The highest BCUT2D eigenvalue weighted by molar-refractivity contribution is 5.98. The lowest BCUT2D eigenvalue weighted by atomic mass is 9.97. The molecule has 2 N–H and O–H groups in total. The van der Waals surface area contributed by atoms with E-state index in [1.807, 2.05) is 35.2 Å². The van der Waals surface area contributed by atoms with E-state index in [1.165, 1.54) is 6.08 Å². The molecule has 288 valence electrons. The summed E-state index contributed by atoms with van der Waals surface area (Å²) < 4.78 is 12.0. The molecule has 8 rings (SSSR count). The highest BCUT2D eigenvalue weighted by Gasteiger charge is 2.30. The van der Waals surface area contributed by atoms with Crippen LogP contribution in [0.15, 0.2) is 67.3 Å². The van der Waals surface area contributed by atoms with Crippen molar-refractivity contribution in [3.05, 3.63) is 84.1 Å². The fourth-order valence-electron chi connectivity index (χ4n) is 8.25. The number of hydrogen-bond donors (Lipinski definition) is 2. The summed E-state index contributed by atoms with van der Waals surface area (Å²) in [7, 11) is 2.14. The van der Waals surface area contributed by atoms with Crippen LogP contribution in [0.5, 0.6) is 11.8 Å². The third kappa shape index (κ3) is 8.04. The second-order valence-corrected chi connectivity index (χ2v) is 14.9. The predicted octanol–water partition coefficient (Wildman–Crippen LogP) is 4.41. The van der Waals surface area contributed by atoms with Gasteiger partial charge in [-0.2, -0.15) is 9.97 Å². The number of phenolic OH excluding ortho intramolecular Hbond substituents is 1. The molecule has 3 fully saturated rings. The SMILES string of the molecule is C=CC(=O)N1CCN(c2nc(OC[C@@H]3CCCN3C)nc3c2CCN(c2cc(O)cc4cc(-c5cccc(COC(=O)N6CCNCC6)c5)ccc24)C3)CC1. The number of ether oxygens (including phenoxy) is 2. The second kappa shape index (κ2) is 16.1. The van der Waals surface area contributed by atoms with Crippen molar-refractivity contribution in [1.82, 2.24) is 30.0 Å². The number of nitrogens with zero attached hydrogens (tertiary/aromatic N) is 7. The Morgan fingerprint density at radius 1 is 0.927 bits per heavy atom. The second-order valence-electron chi connectivity index (χ2n) is 14.9. The number of anilines is 2. The summed E-state index contributed by atoms with van der Waals surface area (Å²) in [4.78, 5) is 45.3. The van der Waals surface area contributed by atoms with Crippen molar-refractivity contribution in [1.29, 1.82) is 0 Å². The molecule has 3 saturated heterocycles. The Labute approximate surface area is 322 Å². The number of piperazine rings is 2. The van der Waals surface area contributed by atoms with E-state index in [0.29, 0.717) is 64.5 Å². The van der Waals surface area contributed by atoms with Crippen LogP contribution in [0, 0.1) is 0 Å². The van der Waals surface area contributed by atoms with Crippen molar-refractivity contribution in [3.63, 3.8) is 0 Å². The zero-order chi connectivity index (χ0) is 37.9. The normalized spacial score (nSPS) is 19.0. The number of fused-ring (bicyclic) bond motifs is 2. The number of nitrogens with one attached hydrogen (secondary N) is 1. The predicted molar refractivity (Wildman–Crippen MR) is 213 cm³/mol.